The highest BCUT2D eigenvalue weighted by molar-refractivity contribution is 6.43. The van der Waals surface area contributed by atoms with Crippen molar-refractivity contribution in [2.45, 2.75) is 52.7 Å². The summed E-state index contributed by atoms with van der Waals surface area (Å²) in [5.74, 6) is -1.45. The van der Waals surface area contributed by atoms with Crippen LogP contribution in [0.4, 0.5) is 0 Å². The van der Waals surface area contributed by atoms with Crippen LogP contribution < -0.4 is 5.32 Å². The number of hydrogen-bond acceptors (Lipinski definition) is 3. The van der Waals surface area contributed by atoms with Gasteiger partial charge in [-0.15, -0.1) is 0 Å². The Balaban J connectivity index is 2.18. The highest BCUT2D eigenvalue weighted by atomic mass is 16.2. The average molecular weight is 380 g/mol. The molecule has 0 saturated heterocycles. The summed E-state index contributed by atoms with van der Waals surface area (Å²) in [5, 5.41) is 2.92. The molecule has 0 aromatic heterocycles. The number of nitrogens with zero attached hydrogens (tertiary/aromatic N) is 1. The van der Waals surface area contributed by atoms with Gasteiger partial charge in [0.1, 0.15) is 0 Å². The summed E-state index contributed by atoms with van der Waals surface area (Å²) >= 11 is 0. The van der Waals surface area contributed by atoms with Gasteiger partial charge in [0, 0.05) is 23.2 Å². The van der Waals surface area contributed by atoms with E-state index in [1.807, 2.05) is 65.0 Å². The van der Waals surface area contributed by atoms with Crippen molar-refractivity contribution < 1.29 is 14.4 Å². The van der Waals surface area contributed by atoms with Gasteiger partial charge < -0.3 is 10.2 Å². The lowest BCUT2D eigenvalue weighted by molar-refractivity contribution is -0.129. The van der Waals surface area contributed by atoms with Gasteiger partial charge in [-0.2, -0.15) is 0 Å². The maximum Gasteiger partial charge on any atom is 0.295 e. The molecule has 0 bridgehead atoms. The van der Waals surface area contributed by atoms with Crippen molar-refractivity contribution in [1.82, 2.24) is 10.2 Å². The molecule has 0 radical (unpaired) electrons. The van der Waals surface area contributed by atoms with Gasteiger partial charge in [-0.05, 0) is 52.3 Å². The van der Waals surface area contributed by atoms with Crippen molar-refractivity contribution in [2.75, 3.05) is 0 Å². The Labute approximate surface area is 166 Å². The van der Waals surface area contributed by atoms with Crippen molar-refractivity contribution in [3.63, 3.8) is 0 Å². The lowest BCUT2D eigenvalue weighted by Gasteiger charge is -2.30. The van der Waals surface area contributed by atoms with E-state index in [-0.39, 0.29) is 29.6 Å². The summed E-state index contributed by atoms with van der Waals surface area (Å²) in [6.07, 6.45) is 0. The quantitative estimate of drug-likeness (QED) is 0.583. The van der Waals surface area contributed by atoms with Gasteiger partial charge in [0.25, 0.3) is 11.8 Å². The Bertz CT molecular complexity index is 836. The second-order valence-electron chi connectivity index (χ2n) is 7.42. The molecule has 2 aromatic rings. The predicted molar refractivity (Wildman–Crippen MR) is 110 cm³/mol. The number of carbonyl (C=O) groups excluding carboxylic acids is 3. The molecule has 5 nitrogen and oxygen atoms in total. The SMILES string of the molecule is CC(C)N(C(=O)C(=O)c1cccc(C(=O)N[C@H](C)c2ccccc2)c1)C(C)C. The van der Waals surface area contributed by atoms with Gasteiger partial charge in [0.05, 0.1) is 6.04 Å². The van der Waals surface area contributed by atoms with E-state index in [9.17, 15) is 14.4 Å². The zero-order valence-corrected chi connectivity index (χ0v) is 17.1. The minimum atomic E-state index is -0.604. The first-order valence-electron chi connectivity index (χ1n) is 9.55. The number of nitrogens with one attached hydrogen (secondary N) is 1. The molecule has 0 heterocycles. The van der Waals surface area contributed by atoms with Gasteiger partial charge in [0.2, 0.25) is 5.78 Å². The molecule has 2 amide bonds. The molecule has 1 N–H and O–H groups in total. The van der Waals surface area contributed by atoms with Crippen LogP contribution in [0.5, 0.6) is 0 Å². The first-order valence-corrected chi connectivity index (χ1v) is 9.55. The molecular weight excluding hydrogens is 352 g/mol. The van der Waals surface area contributed by atoms with E-state index in [4.69, 9.17) is 0 Å². The Morgan fingerprint density at radius 3 is 1.93 bits per heavy atom. The van der Waals surface area contributed by atoms with Gasteiger partial charge in [-0.1, -0.05) is 42.5 Å². The minimum Gasteiger partial charge on any atom is -0.346 e. The number of Topliss-reactive ketones (excluding diaryl/α,β-unsaturated/α-hetero) is 1. The topological polar surface area (TPSA) is 66.5 Å². The number of benzene rings is 2. The molecule has 0 fully saturated rings. The number of ketones is 1. The van der Waals surface area contributed by atoms with Crippen LogP contribution in [0.1, 0.15) is 66.9 Å². The third-order valence-electron chi connectivity index (χ3n) is 4.58. The molecule has 1 atom stereocenters. The third-order valence-corrected chi connectivity index (χ3v) is 4.58. The molecule has 148 valence electrons. The van der Waals surface area contributed by atoms with Crippen LogP contribution in [0.3, 0.4) is 0 Å². The highest BCUT2D eigenvalue weighted by Gasteiger charge is 2.27. The minimum absolute atomic E-state index is 0.0883. The summed E-state index contributed by atoms with van der Waals surface area (Å²) in [7, 11) is 0. The number of carbonyl (C=O) groups is 3. The van der Waals surface area contributed by atoms with Crippen LogP contribution in [0.15, 0.2) is 54.6 Å². The van der Waals surface area contributed by atoms with Gasteiger partial charge in [0.15, 0.2) is 0 Å². The van der Waals surface area contributed by atoms with Crippen LogP contribution in [-0.2, 0) is 4.79 Å². The molecule has 0 aliphatic heterocycles. The molecule has 0 aliphatic rings. The third kappa shape index (κ3) is 5.06. The van der Waals surface area contributed by atoms with E-state index in [2.05, 4.69) is 5.32 Å². The van der Waals surface area contributed by atoms with Crippen molar-refractivity contribution >= 4 is 17.6 Å². The molecule has 5 heteroatoms. The maximum absolute atomic E-state index is 12.7. The van der Waals surface area contributed by atoms with Crippen molar-refractivity contribution in [1.29, 1.82) is 0 Å². The van der Waals surface area contributed by atoms with E-state index in [1.54, 1.807) is 23.1 Å². The average Bonchev–Trinajstić information content (AvgIpc) is 2.67. The number of rotatable bonds is 7. The van der Waals surface area contributed by atoms with Crippen molar-refractivity contribution in [2.24, 2.45) is 0 Å². The Kier molecular flexibility index (Phi) is 7.10. The summed E-state index contributed by atoms with van der Waals surface area (Å²) in [6.45, 7) is 9.40. The van der Waals surface area contributed by atoms with Gasteiger partial charge in [-0.3, -0.25) is 14.4 Å². The van der Waals surface area contributed by atoms with Crippen molar-refractivity contribution in [3.05, 3.63) is 71.3 Å². The zero-order valence-electron chi connectivity index (χ0n) is 17.1. The predicted octanol–water partition coefficient (Wildman–Crippen LogP) is 4.01. The summed E-state index contributed by atoms with van der Waals surface area (Å²) in [4.78, 5) is 39.5. The standard InChI is InChI=1S/C23H28N2O3/c1-15(2)25(16(3)4)23(28)21(26)19-12-9-13-20(14-19)22(27)24-17(5)18-10-7-6-8-11-18/h6-17H,1-5H3,(H,24,27)/t17-/m1/s1. The maximum atomic E-state index is 12.7. The molecule has 0 unspecified atom stereocenters. The monoisotopic (exact) mass is 380 g/mol. The first kappa shape index (κ1) is 21.4. The Morgan fingerprint density at radius 2 is 1.36 bits per heavy atom. The number of amides is 2. The summed E-state index contributed by atoms with van der Waals surface area (Å²) < 4.78 is 0. The van der Waals surface area contributed by atoms with Crippen LogP contribution in [-0.4, -0.2) is 34.6 Å². The van der Waals surface area contributed by atoms with E-state index in [0.29, 0.717) is 5.56 Å². The smallest absolute Gasteiger partial charge is 0.295 e. The molecule has 2 rings (SSSR count). The molecular formula is C23H28N2O3. The van der Waals surface area contributed by atoms with Gasteiger partial charge >= 0.3 is 0 Å². The second-order valence-corrected chi connectivity index (χ2v) is 7.42. The van der Waals surface area contributed by atoms with Crippen LogP contribution in [0.25, 0.3) is 0 Å². The van der Waals surface area contributed by atoms with E-state index in [1.165, 1.54) is 6.07 Å². The molecule has 0 aliphatic carbocycles. The number of hydrogen-bond donors (Lipinski definition) is 1. The zero-order chi connectivity index (χ0) is 20.8. The lowest BCUT2D eigenvalue weighted by atomic mass is 10.0. The fourth-order valence-corrected chi connectivity index (χ4v) is 3.21. The molecule has 28 heavy (non-hydrogen) atoms. The summed E-state index contributed by atoms with van der Waals surface area (Å²) in [5.41, 5.74) is 1.56. The Hall–Kier alpha value is -2.95. The van der Waals surface area contributed by atoms with Gasteiger partial charge in [-0.25, -0.2) is 0 Å². The molecule has 0 spiro atoms. The van der Waals surface area contributed by atoms with Crippen LogP contribution >= 0.6 is 0 Å². The fraction of sp³-hybridized carbons (Fsp3) is 0.348. The fourth-order valence-electron chi connectivity index (χ4n) is 3.21. The Morgan fingerprint density at radius 1 is 0.786 bits per heavy atom. The van der Waals surface area contributed by atoms with Crippen molar-refractivity contribution in [3.8, 4) is 0 Å². The van der Waals surface area contributed by atoms with E-state index in [0.717, 1.165) is 5.56 Å². The lowest BCUT2D eigenvalue weighted by Crippen LogP contribution is -2.45. The van der Waals surface area contributed by atoms with Crippen LogP contribution in [0.2, 0.25) is 0 Å². The normalized spacial score (nSPS) is 12.0. The molecule has 0 saturated carbocycles. The van der Waals surface area contributed by atoms with E-state index < -0.39 is 11.7 Å². The van der Waals surface area contributed by atoms with E-state index >= 15 is 0 Å². The second kappa shape index (κ2) is 9.31. The largest absolute Gasteiger partial charge is 0.346 e. The van der Waals surface area contributed by atoms with Crippen LogP contribution in [0, 0.1) is 0 Å². The first-order chi connectivity index (χ1) is 13.2. The summed E-state index contributed by atoms with van der Waals surface area (Å²) in [6, 6.07) is 15.6. The highest BCUT2D eigenvalue weighted by Crippen LogP contribution is 2.15. The molecule has 2 aromatic carbocycles.